The molecule has 0 radical (unpaired) electrons. The van der Waals surface area contributed by atoms with Crippen LogP contribution in [0, 0.1) is 0 Å². The monoisotopic (exact) mass is 277 g/mol. The predicted octanol–water partition coefficient (Wildman–Crippen LogP) is 1.51. The second kappa shape index (κ2) is 5.73. The summed E-state index contributed by atoms with van der Waals surface area (Å²) in [5.41, 5.74) is 1.11. The molecule has 6 heteroatoms. The van der Waals surface area contributed by atoms with Crippen molar-refractivity contribution in [1.29, 1.82) is 0 Å². The van der Waals surface area contributed by atoms with Crippen LogP contribution in [0.15, 0.2) is 24.3 Å². The number of carboxylic acid groups (broad SMARTS) is 1. The Bertz CT molecular complexity index is 537. The van der Waals surface area contributed by atoms with Gasteiger partial charge in [0.15, 0.2) is 0 Å². The largest absolute Gasteiger partial charge is 0.465 e. The minimum atomic E-state index is -1.02. The summed E-state index contributed by atoms with van der Waals surface area (Å²) in [5.74, 6) is -0.890. The lowest BCUT2D eigenvalue weighted by Gasteiger charge is -2.29. The summed E-state index contributed by atoms with van der Waals surface area (Å²) >= 11 is 0. The highest BCUT2D eigenvalue weighted by Gasteiger charge is 2.30. The molecule has 0 aliphatic carbocycles. The first-order chi connectivity index (χ1) is 9.52. The van der Waals surface area contributed by atoms with Gasteiger partial charge in [-0.15, -0.1) is 0 Å². The number of carbonyl (C=O) groups is 3. The van der Waals surface area contributed by atoms with E-state index in [1.54, 1.807) is 24.3 Å². The van der Waals surface area contributed by atoms with Crippen molar-refractivity contribution in [2.75, 3.05) is 20.2 Å². The van der Waals surface area contributed by atoms with Crippen LogP contribution in [0.5, 0.6) is 0 Å². The number of piperidine rings is 1. The maximum Gasteiger partial charge on any atom is 0.407 e. The molecule has 1 aromatic rings. The third kappa shape index (κ3) is 2.79. The number of benzene rings is 1. The van der Waals surface area contributed by atoms with Crippen molar-refractivity contribution in [3.63, 3.8) is 0 Å². The van der Waals surface area contributed by atoms with Gasteiger partial charge in [0.1, 0.15) is 5.78 Å². The van der Waals surface area contributed by atoms with Crippen molar-refractivity contribution in [2.24, 2.45) is 0 Å². The number of ether oxygens (including phenoxy) is 1. The van der Waals surface area contributed by atoms with Crippen LogP contribution in [0.2, 0.25) is 0 Å². The summed E-state index contributed by atoms with van der Waals surface area (Å²) in [5, 5.41) is 8.99. The molecule has 0 spiro atoms. The average Bonchev–Trinajstić information content (AvgIpc) is 2.47. The van der Waals surface area contributed by atoms with Crippen molar-refractivity contribution >= 4 is 17.8 Å². The Hall–Kier alpha value is -2.37. The number of hydrogen-bond acceptors (Lipinski definition) is 4. The van der Waals surface area contributed by atoms with Gasteiger partial charge >= 0.3 is 12.1 Å². The molecule has 1 fully saturated rings. The highest BCUT2D eigenvalue weighted by atomic mass is 16.5. The minimum Gasteiger partial charge on any atom is -0.465 e. The Morgan fingerprint density at radius 3 is 2.50 bits per heavy atom. The molecule has 1 atom stereocenters. The number of nitrogens with zero attached hydrogens (tertiary/aromatic N) is 1. The highest BCUT2D eigenvalue weighted by molar-refractivity contribution is 5.90. The van der Waals surface area contributed by atoms with Crippen LogP contribution in [0.25, 0.3) is 0 Å². The number of methoxy groups -OCH3 is 1. The molecule has 1 saturated heterocycles. The van der Waals surface area contributed by atoms with Gasteiger partial charge in [-0.3, -0.25) is 4.79 Å². The van der Waals surface area contributed by atoms with E-state index in [1.165, 1.54) is 12.0 Å². The lowest BCUT2D eigenvalue weighted by Crippen LogP contribution is -2.42. The lowest BCUT2D eigenvalue weighted by molar-refractivity contribution is -0.122. The van der Waals surface area contributed by atoms with Crippen molar-refractivity contribution in [1.82, 2.24) is 4.90 Å². The van der Waals surface area contributed by atoms with Gasteiger partial charge in [-0.05, 0) is 17.7 Å². The zero-order valence-electron chi connectivity index (χ0n) is 11.0. The molecule has 1 aliphatic heterocycles. The van der Waals surface area contributed by atoms with Crippen molar-refractivity contribution in [3.05, 3.63) is 35.4 Å². The van der Waals surface area contributed by atoms with E-state index in [2.05, 4.69) is 4.74 Å². The molecular formula is C14H15NO5. The van der Waals surface area contributed by atoms with Crippen LogP contribution in [-0.2, 0) is 9.53 Å². The van der Waals surface area contributed by atoms with Gasteiger partial charge in [-0.2, -0.15) is 0 Å². The van der Waals surface area contributed by atoms with Crippen LogP contribution >= 0.6 is 0 Å². The Balaban J connectivity index is 2.19. The van der Waals surface area contributed by atoms with Gasteiger partial charge < -0.3 is 14.7 Å². The van der Waals surface area contributed by atoms with Crippen molar-refractivity contribution in [2.45, 2.75) is 12.3 Å². The number of carbonyl (C=O) groups excluding carboxylic acids is 2. The molecule has 1 aromatic carbocycles. The number of Topliss-reactive ketones (excluding diaryl/α,β-unsaturated/α-hetero) is 1. The molecule has 1 amide bonds. The predicted molar refractivity (Wildman–Crippen MR) is 69.7 cm³/mol. The van der Waals surface area contributed by atoms with Crippen LogP contribution < -0.4 is 0 Å². The molecule has 20 heavy (non-hydrogen) atoms. The van der Waals surface area contributed by atoms with Crippen molar-refractivity contribution in [3.8, 4) is 0 Å². The Labute approximate surface area is 115 Å². The smallest absolute Gasteiger partial charge is 0.407 e. The number of likely N-dealkylation sites (tertiary alicyclic amines) is 1. The van der Waals surface area contributed by atoms with E-state index in [0.29, 0.717) is 11.1 Å². The number of esters is 1. The fourth-order valence-electron chi connectivity index (χ4n) is 2.27. The maximum absolute atomic E-state index is 11.9. The van der Waals surface area contributed by atoms with Crippen LogP contribution in [0.3, 0.4) is 0 Å². The summed E-state index contributed by atoms with van der Waals surface area (Å²) in [6.45, 7) is 0.399. The summed E-state index contributed by atoms with van der Waals surface area (Å²) in [7, 11) is 1.30. The van der Waals surface area contributed by atoms with Gasteiger partial charge in [-0.1, -0.05) is 12.1 Å². The van der Waals surface area contributed by atoms with Gasteiger partial charge in [0.05, 0.1) is 18.6 Å². The normalized spacial score (nSPS) is 18.8. The average molecular weight is 277 g/mol. The Kier molecular flexibility index (Phi) is 4.02. The number of ketones is 1. The fourth-order valence-corrected chi connectivity index (χ4v) is 2.27. The Morgan fingerprint density at radius 1 is 1.30 bits per heavy atom. The number of rotatable bonds is 2. The Morgan fingerprint density at radius 2 is 1.95 bits per heavy atom. The van der Waals surface area contributed by atoms with E-state index >= 15 is 0 Å². The molecule has 1 unspecified atom stereocenters. The van der Waals surface area contributed by atoms with E-state index in [4.69, 9.17) is 5.11 Å². The van der Waals surface area contributed by atoms with Crippen LogP contribution in [-0.4, -0.2) is 48.1 Å². The molecule has 1 aliphatic rings. The number of amides is 1. The van der Waals surface area contributed by atoms with Gasteiger partial charge in [-0.25, -0.2) is 9.59 Å². The summed E-state index contributed by atoms with van der Waals surface area (Å²) in [4.78, 5) is 35.5. The standard InChI is InChI=1S/C14H15NO5/c1-20-13(17)10-4-2-9(3-5-10)11-8-15(14(18)19)7-6-12(11)16/h2-5,11H,6-8H2,1H3,(H,18,19). The first-order valence-electron chi connectivity index (χ1n) is 6.21. The van der Waals surface area contributed by atoms with Crippen molar-refractivity contribution < 1.29 is 24.2 Å². The first kappa shape index (κ1) is 14.0. The molecule has 6 nitrogen and oxygen atoms in total. The van der Waals surface area contributed by atoms with E-state index < -0.39 is 18.0 Å². The summed E-state index contributed by atoms with van der Waals surface area (Å²) < 4.78 is 4.60. The molecule has 0 saturated carbocycles. The lowest BCUT2D eigenvalue weighted by atomic mass is 9.89. The molecule has 106 valence electrons. The van der Waals surface area contributed by atoms with Crippen LogP contribution in [0.1, 0.15) is 28.3 Å². The molecule has 0 aromatic heterocycles. The summed E-state index contributed by atoms with van der Waals surface area (Å²) in [6, 6.07) is 6.49. The second-order valence-corrected chi connectivity index (χ2v) is 4.61. The zero-order valence-corrected chi connectivity index (χ0v) is 11.0. The van der Waals surface area contributed by atoms with E-state index in [0.717, 1.165) is 0 Å². The minimum absolute atomic E-state index is 0.0216. The van der Waals surface area contributed by atoms with E-state index in [9.17, 15) is 14.4 Å². The zero-order chi connectivity index (χ0) is 14.7. The molecule has 1 N–H and O–H groups in total. The number of hydrogen-bond donors (Lipinski definition) is 1. The third-order valence-electron chi connectivity index (χ3n) is 3.42. The molecule has 1 heterocycles. The second-order valence-electron chi connectivity index (χ2n) is 4.61. The fraction of sp³-hybridized carbons (Fsp3) is 0.357. The third-order valence-corrected chi connectivity index (χ3v) is 3.42. The SMILES string of the molecule is COC(=O)c1ccc(C2CN(C(=O)O)CCC2=O)cc1. The first-order valence-corrected chi connectivity index (χ1v) is 6.21. The topological polar surface area (TPSA) is 83.9 Å². The van der Waals surface area contributed by atoms with Crippen LogP contribution in [0.4, 0.5) is 4.79 Å². The van der Waals surface area contributed by atoms with Gasteiger partial charge in [0.2, 0.25) is 0 Å². The van der Waals surface area contributed by atoms with E-state index in [1.807, 2.05) is 0 Å². The molecular weight excluding hydrogens is 262 g/mol. The summed E-state index contributed by atoms with van der Waals surface area (Å²) in [6.07, 6.45) is -0.802. The van der Waals surface area contributed by atoms with Gasteiger partial charge in [0.25, 0.3) is 0 Å². The molecule has 2 rings (SSSR count). The highest BCUT2D eigenvalue weighted by Crippen LogP contribution is 2.24. The molecule has 0 bridgehead atoms. The quantitative estimate of drug-likeness (QED) is 0.828. The van der Waals surface area contributed by atoms with Gasteiger partial charge in [0, 0.05) is 19.5 Å². The maximum atomic E-state index is 11.9. The van der Waals surface area contributed by atoms with E-state index in [-0.39, 0.29) is 25.3 Å².